The lowest BCUT2D eigenvalue weighted by Gasteiger charge is -1.98. The van der Waals surface area contributed by atoms with E-state index >= 15 is 0 Å². The average Bonchev–Trinajstić information content (AvgIpc) is 2.14. The van der Waals surface area contributed by atoms with Crippen molar-refractivity contribution < 1.29 is 13.2 Å². The van der Waals surface area contributed by atoms with Crippen LogP contribution >= 0.6 is 0 Å². The topological polar surface area (TPSA) is 55.7 Å². The van der Waals surface area contributed by atoms with Gasteiger partial charge in [0.15, 0.2) is 0 Å². The zero-order chi connectivity index (χ0) is 10.6. The molecule has 0 saturated heterocycles. The largest absolute Gasteiger partial charge is 0.497 e. The zero-order valence-corrected chi connectivity index (χ0v) is 8.78. The summed E-state index contributed by atoms with van der Waals surface area (Å²) in [5.74, 6) is 0.669. The van der Waals surface area contributed by atoms with Gasteiger partial charge in [0.25, 0.3) is 0 Å². The highest BCUT2D eigenvalue weighted by Gasteiger charge is 1.95. The highest BCUT2D eigenvalue weighted by atomic mass is 32.2. The molecule has 1 aromatic rings. The number of nitrogens with zero attached hydrogens (tertiary/aromatic N) is 1. The average molecular weight is 213 g/mol. The zero-order valence-electron chi connectivity index (χ0n) is 7.97. The van der Waals surface area contributed by atoms with Gasteiger partial charge in [0.05, 0.1) is 13.4 Å². The summed E-state index contributed by atoms with van der Waals surface area (Å²) >= 11 is 0. The van der Waals surface area contributed by atoms with Crippen molar-refractivity contribution in [3.63, 3.8) is 0 Å². The quantitative estimate of drug-likeness (QED) is 0.706. The molecule has 14 heavy (non-hydrogen) atoms. The van der Waals surface area contributed by atoms with Crippen LogP contribution in [0.15, 0.2) is 28.7 Å². The van der Waals surface area contributed by atoms with Gasteiger partial charge < -0.3 is 4.74 Å². The fourth-order valence-electron chi connectivity index (χ4n) is 0.878. The number of benzene rings is 1. The molecule has 0 radical (unpaired) electrons. The Morgan fingerprint density at radius 1 is 1.43 bits per heavy atom. The maximum Gasteiger partial charge on any atom is 0.250 e. The molecule has 4 nitrogen and oxygen atoms in total. The minimum absolute atomic E-state index is 0.669. The molecule has 1 aromatic carbocycles. The van der Waals surface area contributed by atoms with Crippen LogP contribution in [0.25, 0.3) is 0 Å². The molecule has 0 aliphatic carbocycles. The van der Waals surface area contributed by atoms with Crippen LogP contribution < -0.4 is 4.74 Å². The van der Waals surface area contributed by atoms with E-state index in [4.69, 9.17) is 4.74 Å². The standard InChI is InChI=1S/C9H11NO3S/c1-13-9-5-3-4-8(6-9)7-10-14(2,11)12/h3-7H,1-2H3/b10-7+. The second kappa shape index (κ2) is 4.23. The van der Waals surface area contributed by atoms with Gasteiger partial charge in [-0.2, -0.15) is 4.40 Å². The van der Waals surface area contributed by atoms with Crippen molar-refractivity contribution in [2.24, 2.45) is 4.40 Å². The first-order valence-electron chi connectivity index (χ1n) is 3.90. The molecular formula is C9H11NO3S. The van der Waals surface area contributed by atoms with Crippen molar-refractivity contribution in [3.05, 3.63) is 29.8 Å². The maximum atomic E-state index is 10.7. The fourth-order valence-corrected chi connectivity index (χ4v) is 1.19. The molecule has 0 amide bonds. The molecule has 0 saturated carbocycles. The molecule has 76 valence electrons. The molecule has 5 heteroatoms. The molecular weight excluding hydrogens is 202 g/mol. The van der Waals surface area contributed by atoms with Crippen LogP contribution in [0.2, 0.25) is 0 Å². The van der Waals surface area contributed by atoms with E-state index < -0.39 is 10.0 Å². The van der Waals surface area contributed by atoms with E-state index in [1.165, 1.54) is 6.21 Å². The third-order valence-electron chi connectivity index (χ3n) is 1.49. The predicted molar refractivity (Wildman–Crippen MR) is 55.4 cm³/mol. The van der Waals surface area contributed by atoms with Crippen molar-refractivity contribution in [1.29, 1.82) is 0 Å². The lowest BCUT2D eigenvalue weighted by Crippen LogP contribution is -1.92. The molecule has 0 atom stereocenters. The molecule has 0 fully saturated rings. The SMILES string of the molecule is COc1cccc(/C=N/S(C)(=O)=O)c1. The Labute approximate surface area is 83.3 Å². The first-order chi connectivity index (χ1) is 6.51. The van der Waals surface area contributed by atoms with E-state index in [0.29, 0.717) is 11.3 Å². The van der Waals surface area contributed by atoms with Crippen molar-refractivity contribution in [3.8, 4) is 5.75 Å². The molecule has 0 spiro atoms. The maximum absolute atomic E-state index is 10.7. The van der Waals surface area contributed by atoms with Gasteiger partial charge in [-0.15, -0.1) is 0 Å². The molecule has 0 N–H and O–H groups in total. The Kier molecular flexibility index (Phi) is 3.24. The fraction of sp³-hybridized carbons (Fsp3) is 0.222. The second-order valence-corrected chi connectivity index (χ2v) is 4.42. The van der Waals surface area contributed by atoms with Gasteiger partial charge in [-0.25, -0.2) is 8.42 Å². The van der Waals surface area contributed by atoms with Gasteiger partial charge in [-0.1, -0.05) is 12.1 Å². The van der Waals surface area contributed by atoms with Crippen LogP contribution in [-0.2, 0) is 10.0 Å². The Balaban J connectivity index is 2.93. The molecule has 0 aliphatic rings. The van der Waals surface area contributed by atoms with E-state index in [1.54, 1.807) is 31.4 Å². The van der Waals surface area contributed by atoms with E-state index in [0.717, 1.165) is 6.26 Å². The Morgan fingerprint density at radius 2 is 2.14 bits per heavy atom. The number of hydrogen-bond acceptors (Lipinski definition) is 3. The Bertz CT molecular complexity index is 437. The molecule has 0 aliphatic heterocycles. The number of ether oxygens (including phenoxy) is 1. The van der Waals surface area contributed by atoms with Crippen LogP contribution in [0, 0.1) is 0 Å². The monoisotopic (exact) mass is 213 g/mol. The lowest BCUT2D eigenvalue weighted by atomic mass is 10.2. The minimum atomic E-state index is -3.31. The van der Waals surface area contributed by atoms with Crippen LogP contribution in [0.1, 0.15) is 5.56 Å². The summed E-state index contributed by atoms with van der Waals surface area (Å²) in [5.41, 5.74) is 0.690. The summed E-state index contributed by atoms with van der Waals surface area (Å²) in [6, 6.07) is 6.99. The smallest absolute Gasteiger partial charge is 0.250 e. The number of sulfonamides is 1. The highest BCUT2D eigenvalue weighted by Crippen LogP contribution is 2.10. The highest BCUT2D eigenvalue weighted by molar-refractivity contribution is 7.89. The van der Waals surface area contributed by atoms with E-state index in [1.807, 2.05) is 0 Å². The number of rotatable bonds is 3. The first kappa shape index (κ1) is 10.7. The summed E-state index contributed by atoms with van der Waals surface area (Å²) in [6.07, 6.45) is 2.33. The minimum Gasteiger partial charge on any atom is -0.497 e. The van der Waals surface area contributed by atoms with Crippen LogP contribution in [0.5, 0.6) is 5.75 Å². The normalized spacial score (nSPS) is 11.9. The second-order valence-electron chi connectivity index (χ2n) is 2.74. The Morgan fingerprint density at radius 3 is 2.71 bits per heavy atom. The summed E-state index contributed by atoms with van der Waals surface area (Å²) in [5, 5.41) is 0. The summed E-state index contributed by atoms with van der Waals surface area (Å²) in [4.78, 5) is 0. The predicted octanol–water partition coefficient (Wildman–Crippen LogP) is 1.07. The third kappa shape index (κ3) is 3.57. The molecule has 0 aromatic heterocycles. The molecule has 0 heterocycles. The Hall–Kier alpha value is -1.36. The van der Waals surface area contributed by atoms with Crippen LogP contribution in [-0.4, -0.2) is 28.0 Å². The molecule has 0 bridgehead atoms. The van der Waals surface area contributed by atoms with Gasteiger partial charge >= 0.3 is 0 Å². The summed E-state index contributed by atoms with van der Waals surface area (Å²) < 4.78 is 29.8. The van der Waals surface area contributed by atoms with E-state index in [2.05, 4.69) is 4.40 Å². The van der Waals surface area contributed by atoms with E-state index in [-0.39, 0.29) is 0 Å². The van der Waals surface area contributed by atoms with Gasteiger partial charge in [0, 0.05) is 6.21 Å². The van der Waals surface area contributed by atoms with Gasteiger partial charge in [0.1, 0.15) is 5.75 Å². The summed E-state index contributed by atoms with van der Waals surface area (Å²) in [6.45, 7) is 0. The number of hydrogen-bond donors (Lipinski definition) is 0. The third-order valence-corrected chi connectivity index (χ3v) is 1.98. The van der Waals surface area contributed by atoms with Gasteiger partial charge in [-0.05, 0) is 17.7 Å². The van der Waals surface area contributed by atoms with Gasteiger partial charge in [-0.3, -0.25) is 0 Å². The molecule has 1 rings (SSSR count). The summed E-state index contributed by atoms with van der Waals surface area (Å²) in [7, 11) is -1.76. The van der Waals surface area contributed by atoms with Gasteiger partial charge in [0.2, 0.25) is 10.0 Å². The molecule has 0 unspecified atom stereocenters. The van der Waals surface area contributed by atoms with Crippen molar-refractivity contribution in [2.75, 3.05) is 13.4 Å². The van der Waals surface area contributed by atoms with Crippen LogP contribution in [0.3, 0.4) is 0 Å². The van der Waals surface area contributed by atoms with E-state index in [9.17, 15) is 8.42 Å². The number of methoxy groups -OCH3 is 1. The van der Waals surface area contributed by atoms with Crippen molar-refractivity contribution in [2.45, 2.75) is 0 Å². The van der Waals surface area contributed by atoms with Crippen molar-refractivity contribution >= 4 is 16.2 Å². The first-order valence-corrected chi connectivity index (χ1v) is 5.75. The lowest BCUT2D eigenvalue weighted by molar-refractivity contribution is 0.415. The van der Waals surface area contributed by atoms with Crippen molar-refractivity contribution in [1.82, 2.24) is 0 Å². The van der Waals surface area contributed by atoms with Crippen LogP contribution in [0.4, 0.5) is 0 Å².